The van der Waals surface area contributed by atoms with Crippen LogP contribution in [0, 0.1) is 0 Å². The number of unbranched alkanes of at least 4 members (excludes halogenated alkanes) is 25. The summed E-state index contributed by atoms with van der Waals surface area (Å²) in [5.74, 6) is -1.54. The number of hydrogen-bond donors (Lipinski definition) is 4. The summed E-state index contributed by atoms with van der Waals surface area (Å²) in [4.78, 5) is 12.5. The van der Waals surface area contributed by atoms with E-state index in [1.807, 2.05) is 0 Å². The Morgan fingerprint density at radius 2 is 0.917 bits per heavy atom. The Morgan fingerprint density at radius 1 is 0.562 bits per heavy atom. The number of nitrogens with one attached hydrogen (secondary N) is 1. The molecule has 0 spiro atoms. The molecule has 48 heavy (non-hydrogen) atoms. The molecule has 8 heteroatoms. The Morgan fingerprint density at radius 3 is 1.31 bits per heavy atom. The van der Waals surface area contributed by atoms with Crippen LogP contribution in [0.4, 0.5) is 0 Å². The van der Waals surface area contributed by atoms with Gasteiger partial charge in [-0.25, -0.2) is 0 Å². The molecule has 284 valence electrons. The van der Waals surface area contributed by atoms with Crippen LogP contribution in [0.2, 0.25) is 0 Å². The van der Waals surface area contributed by atoms with E-state index in [0.717, 1.165) is 44.9 Å². The molecular weight excluding hydrogens is 623 g/mol. The molecule has 0 heterocycles. The summed E-state index contributed by atoms with van der Waals surface area (Å²) in [6, 6.07) is -1.23. The molecule has 4 N–H and O–H groups in total. The van der Waals surface area contributed by atoms with E-state index in [2.05, 4.69) is 31.3 Å². The molecule has 0 aromatic heterocycles. The van der Waals surface area contributed by atoms with E-state index in [-0.39, 0.29) is 6.42 Å². The van der Waals surface area contributed by atoms with E-state index in [9.17, 15) is 28.0 Å². The first-order valence-electron chi connectivity index (χ1n) is 20.1. The van der Waals surface area contributed by atoms with Crippen LogP contribution in [0.5, 0.6) is 0 Å². The maximum absolute atomic E-state index is 12.5. The quantitative estimate of drug-likeness (QED) is 0.0293. The van der Waals surface area contributed by atoms with Gasteiger partial charge in [-0.2, -0.15) is 8.42 Å². The monoisotopic (exact) mass is 700 g/mol. The lowest BCUT2D eigenvalue weighted by Crippen LogP contribution is -2.50. The molecule has 0 bridgehead atoms. The molecular formula is C40H77NO6S. The topological polar surface area (TPSA) is 124 Å². The molecule has 0 saturated heterocycles. The van der Waals surface area contributed by atoms with Gasteiger partial charge < -0.3 is 15.5 Å². The second-order valence-corrected chi connectivity index (χ2v) is 15.6. The second-order valence-electron chi connectivity index (χ2n) is 14.1. The van der Waals surface area contributed by atoms with E-state index in [1.165, 1.54) is 134 Å². The first-order valence-corrected chi connectivity index (χ1v) is 21.8. The second kappa shape index (κ2) is 34.2. The lowest BCUT2D eigenvalue weighted by molar-refractivity contribution is -0.130. The van der Waals surface area contributed by atoms with Crippen molar-refractivity contribution in [1.29, 1.82) is 0 Å². The van der Waals surface area contributed by atoms with E-state index >= 15 is 0 Å². The highest BCUT2D eigenvalue weighted by Crippen LogP contribution is 2.14. The Kier molecular flexibility index (Phi) is 33.4. The molecule has 7 nitrogen and oxygen atoms in total. The summed E-state index contributed by atoms with van der Waals surface area (Å²) in [7, 11) is -4.43. The minimum atomic E-state index is -4.43. The highest BCUT2D eigenvalue weighted by Gasteiger charge is 2.27. The van der Waals surface area contributed by atoms with Crippen LogP contribution in [-0.4, -0.2) is 53.1 Å². The van der Waals surface area contributed by atoms with Crippen LogP contribution < -0.4 is 5.32 Å². The van der Waals surface area contributed by atoms with Crippen molar-refractivity contribution < 1.29 is 28.0 Å². The fourth-order valence-electron chi connectivity index (χ4n) is 6.10. The lowest BCUT2D eigenvalue weighted by Gasteiger charge is -2.22. The first kappa shape index (κ1) is 46.8. The van der Waals surface area contributed by atoms with Gasteiger partial charge in [0.2, 0.25) is 5.91 Å². The fraction of sp³-hybridized carbons (Fsp3) is 0.875. The SMILES string of the molecule is CCCCCCCCCC/C=C/C(O)C(CS(=O)(=O)O)NC(=O)C(O)CCCCCCCC/C=C\CCCCCCCCCCCCC. The highest BCUT2D eigenvalue weighted by atomic mass is 32.2. The summed E-state index contributed by atoms with van der Waals surface area (Å²) >= 11 is 0. The average Bonchev–Trinajstić information content (AvgIpc) is 3.05. The largest absolute Gasteiger partial charge is 0.387 e. The zero-order valence-electron chi connectivity index (χ0n) is 31.2. The standard InChI is InChI=1S/C40H77NO6S/c1-3-5-7-9-11-13-15-16-17-18-19-20-21-22-23-24-25-27-29-31-33-35-39(43)40(44)41-37(36-48(45,46)47)38(42)34-32-30-28-26-14-12-10-8-6-4-2/h21-22,32,34,37-39,42-43H,3-20,23-31,33,35-36H2,1-2H3,(H,41,44)(H,45,46,47)/b22-21-,34-32+. The molecule has 1 amide bonds. The van der Waals surface area contributed by atoms with Gasteiger partial charge in [-0.3, -0.25) is 9.35 Å². The molecule has 0 aliphatic heterocycles. The molecule has 0 aromatic carbocycles. The molecule has 0 fully saturated rings. The van der Waals surface area contributed by atoms with Gasteiger partial charge in [0, 0.05) is 0 Å². The molecule has 0 saturated carbocycles. The van der Waals surface area contributed by atoms with Crippen LogP contribution in [0.15, 0.2) is 24.3 Å². The lowest BCUT2D eigenvalue weighted by atomic mass is 10.0. The summed E-state index contributed by atoms with van der Waals surface area (Å²) in [5.41, 5.74) is 0. The van der Waals surface area contributed by atoms with E-state index in [0.29, 0.717) is 6.42 Å². The van der Waals surface area contributed by atoms with Crippen LogP contribution in [0.3, 0.4) is 0 Å². The Labute approximate surface area is 297 Å². The van der Waals surface area contributed by atoms with Crippen LogP contribution in [0.25, 0.3) is 0 Å². The van der Waals surface area contributed by atoms with Gasteiger partial charge in [0.1, 0.15) is 6.10 Å². The Hall–Kier alpha value is -1.22. The third-order valence-electron chi connectivity index (χ3n) is 9.23. The zero-order chi connectivity index (χ0) is 35.6. The first-order chi connectivity index (χ1) is 23.2. The van der Waals surface area contributed by atoms with Gasteiger partial charge in [0.15, 0.2) is 0 Å². The predicted octanol–water partition coefficient (Wildman–Crippen LogP) is 10.5. The summed E-state index contributed by atoms with van der Waals surface area (Å²) in [6.07, 6.45) is 39.6. The predicted molar refractivity (Wildman–Crippen MR) is 204 cm³/mol. The number of allylic oxidation sites excluding steroid dienone is 3. The average molecular weight is 700 g/mol. The van der Waals surface area contributed by atoms with Gasteiger partial charge in [-0.1, -0.05) is 179 Å². The van der Waals surface area contributed by atoms with Crippen molar-refractivity contribution in [3.8, 4) is 0 Å². The third kappa shape index (κ3) is 33.3. The van der Waals surface area contributed by atoms with Crippen LogP contribution in [0.1, 0.15) is 200 Å². The minimum Gasteiger partial charge on any atom is -0.387 e. The van der Waals surface area contributed by atoms with E-state index < -0.39 is 40.0 Å². The number of hydrogen-bond acceptors (Lipinski definition) is 5. The van der Waals surface area contributed by atoms with E-state index in [4.69, 9.17) is 0 Å². The maximum Gasteiger partial charge on any atom is 0.267 e. The molecule has 0 aromatic rings. The highest BCUT2D eigenvalue weighted by molar-refractivity contribution is 7.85. The Bertz CT molecular complexity index is 875. The number of amides is 1. The third-order valence-corrected chi connectivity index (χ3v) is 10.0. The van der Waals surface area contributed by atoms with Gasteiger partial charge in [0.25, 0.3) is 10.1 Å². The van der Waals surface area contributed by atoms with Crippen molar-refractivity contribution in [3.05, 3.63) is 24.3 Å². The molecule has 0 radical (unpaired) electrons. The van der Waals surface area contributed by atoms with Crippen molar-refractivity contribution in [2.75, 3.05) is 5.75 Å². The smallest absolute Gasteiger partial charge is 0.267 e. The summed E-state index contributed by atoms with van der Waals surface area (Å²) in [6.45, 7) is 4.48. The molecule has 0 rings (SSSR count). The van der Waals surface area contributed by atoms with Crippen LogP contribution in [-0.2, 0) is 14.9 Å². The number of aliphatic hydroxyl groups is 2. The minimum absolute atomic E-state index is 0.274. The van der Waals surface area contributed by atoms with Crippen molar-refractivity contribution >= 4 is 16.0 Å². The molecule has 0 aliphatic rings. The van der Waals surface area contributed by atoms with Crippen molar-refractivity contribution in [2.45, 2.75) is 218 Å². The normalized spacial score (nSPS) is 14.2. The van der Waals surface area contributed by atoms with Gasteiger partial charge in [-0.15, -0.1) is 0 Å². The maximum atomic E-state index is 12.5. The fourth-order valence-corrected chi connectivity index (χ4v) is 6.83. The molecule has 3 atom stereocenters. The van der Waals surface area contributed by atoms with Gasteiger partial charge in [-0.05, 0) is 44.9 Å². The van der Waals surface area contributed by atoms with Crippen molar-refractivity contribution in [2.24, 2.45) is 0 Å². The van der Waals surface area contributed by atoms with Crippen LogP contribution >= 0.6 is 0 Å². The molecule has 3 unspecified atom stereocenters. The van der Waals surface area contributed by atoms with Crippen molar-refractivity contribution in [1.82, 2.24) is 5.32 Å². The summed E-state index contributed by atoms with van der Waals surface area (Å²) in [5, 5.41) is 23.3. The van der Waals surface area contributed by atoms with Gasteiger partial charge >= 0.3 is 0 Å². The number of carbonyl (C=O) groups is 1. The number of aliphatic hydroxyl groups excluding tert-OH is 2. The zero-order valence-corrected chi connectivity index (χ0v) is 32.0. The Balaban J connectivity index is 3.96. The summed E-state index contributed by atoms with van der Waals surface area (Å²) < 4.78 is 32.4. The number of rotatable bonds is 36. The molecule has 0 aliphatic carbocycles. The number of carbonyl (C=O) groups excluding carboxylic acids is 1. The van der Waals surface area contributed by atoms with Gasteiger partial charge in [0.05, 0.1) is 17.9 Å². The van der Waals surface area contributed by atoms with Crippen molar-refractivity contribution in [3.63, 3.8) is 0 Å². The van der Waals surface area contributed by atoms with E-state index in [1.54, 1.807) is 6.08 Å².